The number of pyridine rings is 2. The summed E-state index contributed by atoms with van der Waals surface area (Å²) in [6.07, 6.45) is 7.80. The number of carbonyl (C=O) groups excluding carboxylic acids is 1. The molecule has 1 unspecified atom stereocenters. The Morgan fingerprint density at radius 1 is 1.03 bits per heavy atom. The topological polar surface area (TPSA) is 49.3 Å². The van der Waals surface area contributed by atoms with Crippen molar-refractivity contribution in [2.24, 2.45) is 0 Å². The quantitative estimate of drug-likeness (QED) is 0.451. The van der Waals surface area contributed by atoms with E-state index in [2.05, 4.69) is 66.9 Å². The number of fused-ring (bicyclic) bond motifs is 2. The van der Waals surface area contributed by atoms with E-state index < -0.39 is 0 Å². The summed E-state index contributed by atoms with van der Waals surface area (Å²) in [5.74, 6) is 0.182. The number of aryl methyl sites for hydroxylation is 3. The molecule has 33 heavy (non-hydrogen) atoms. The lowest BCUT2D eigenvalue weighted by molar-refractivity contribution is -0.132. The van der Waals surface area contributed by atoms with Crippen molar-refractivity contribution in [1.29, 1.82) is 0 Å². The van der Waals surface area contributed by atoms with Crippen LogP contribution in [-0.2, 0) is 24.1 Å². The summed E-state index contributed by atoms with van der Waals surface area (Å²) in [5.41, 5.74) is 7.43. The Bertz CT molecular complexity index is 1180. The van der Waals surface area contributed by atoms with E-state index in [-0.39, 0.29) is 11.9 Å². The van der Waals surface area contributed by atoms with Gasteiger partial charge in [0.05, 0.1) is 18.2 Å². The van der Waals surface area contributed by atoms with E-state index in [1.54, 1.807) is 12.4 Å². The second kappa shape index (κ2) is 9.65. The largest absolute Gasteiger partial charge is 0.340 e. The summed E-state index contributed by atoms with van der Waals surface area (Å²) in [4.78, 5) is 26.3. The first-order chi connectivity index (χ1) is 16.0. The van der Waals surface area contributed by atoms with Crippen molar-refractivity contribution in [2.75, 3.05) is 26.2 Å². The van der Waals surface area contributed by atoms with Gasteiger partial charge in [0.15, 0.2) is 0 Å². The fourth-order valence-electron chi connectivity index (χ4n) is 5.05. The molecule has 0 radical (unpaired) electrons. The average Bonchev–Trinajstić information content (AvgIpc) is 2.96. The molecule has 1 aliphatic carbocycles. The van der Waals surface area contributed by atoms with Gasteiger partial charge < -0.3 is 4.90 Å². The average molecular weight is 570 g/mol. The predicted octanol–water partition coefficient (Wildman–Crippen LogP) is 4.88. The molecule has 7 heteroatoms. The SMILES string of the molecule is Cc1cc(Br)c2c(c1)CCc1cc(Br)cnc1C2N1CCN(C(=O)Cc2ccncc2)CC1. The highest BCUT2D eigenvalue weighted by Gasteiger charge is 2.34. The van der Waals surface area contributed by atoms with Crippen LogP contribution < -0.4 is 0 Å². The Balaban J connectivity index is 1.42. The van der Waals surface area contributed by atoms with Gasteiger partial charge in [-0.05, 0) is 87.8 Å². The molecule has 3 aromatic rings. The van der Waals surface area contributed by atoms with Crippen LogP contribution in [0.4, 0.5) is 0 Å². The molecular weight excluding hydrogens is 544 g/mol. The number of piperazine rings is 1. The number of aromatic nitrogens is 2. The Labute approximate surface area is 211 Å². The van der Waals surface area contributed by atoms with E-state index >= 15 is 0 Å². The standard InChI is InChI=1S/C26H26Br2N4O/c1-17-12-19-2-3-20-15-21(27)16-30-25(20)26(24(19)22(28)13-17)32-10-8-31(9-11-32)23(33)14-18-4-6-29-7-5-18/h4-7,12-13,15-16,26H,2-3,8-11,14H2,1H3. The number of hydrogen-bond donors (Lipinski definition) is 0. The molecule has 1 amide bonds. The highest BCUT2D eigenvalue weighted by atomic mass is 79.9. The van der Waals surface area contributed by atoms with Gasteiger partial charge in [0.25, 0.3) is 0 Å². The molecular formula is C26H26Br2N4O. The minimum absolute atomic E-state index is 0.0815. The molecule has 5 rings (SSSR count). The molecule has 1 atom stereocenters. The zero-order valence-electron chi connectivity index (χ0n) is 18.6. The van der Waals surface area contributed by atoms with Crippen LogP contribution in [0.2, 0.25) is 0 Å². The molecule has 0 saturated carbocycles. The summed E-state index contributed by atoms with van der Waals surface area (Å²) in [6, 6.07) is 10.7. The van der Waals surface area contributed by atoms with Gasteiger partial charge in [0.2, 0.25) is 5.91 Å². The number of nitrogens with zero attached hydrogens (tertiary/aromatic N) is 4. The van der Waals surface area contributed by atoms with Gasteiger partial charge >= 0.3 is 0 Å². The van der Waals surface area contributed by atoms with Crippen molar-refractivity contribution < 1.29 is 4.79 Å². The van der Waals surface area contributed by atoms with Gasteiger partial charge in [-0.3, -0.25) is 19.7 Å². The fraction of sp³-hybridized carbons (Fsp3) is 0.346. The zero-order chi connectivity index (χ0) is 22.9. The van der Waals surface area contributed by atoms with Crippen LogP contribution in [0, 0.1) is 6.92 Å². The van der Waals surface area contributed by atoms with E-state index in [9.17, 15) is 4.79 Å². The van der Waals surface area contributed by atoms with Crippen molar-refractivity contribution >= 4 is 37.8 Å². The second-order valence-electron chi connectivity index (χ2n) is 8.87. The van der Waals surface area contributed by atoms with E-state index in [1.165, 1.54) is 22.3 Å². The number of halogens is 2. The van der Waals surface area contributed by atoms with Crippen molar-refractivity contribution in [2.45, 2.75) is 32.2 Å². The molecule has 2 aliphatic rings. The Kier molecular flexibility index (Phi) is 6.63. The summed E-state index contributed by atoms with van der Waals surface area (Å²) in [7, 11) is 0. The zero-order valence-corrected chi connectivity index (χ0v) is 21.8. The summed E-state index contributed by atoms with van der Waals surface area (Å²) in [6.45, 7) is 5.25. The van der Waals surface area contributed by atoms with Crippen LogP contribution in [0.25, 0.3) is 0 Å². The van der Waals surface area contributed by atoms with Crippen LogP contribution in [0.5, 0.6) is 0 Å². The monoisotopic (exact) mass is 568 g/mol. The molecule has 3 heterocycles. The smallest absolute Gasteiger partial charge is 0.227 e. The third kappa shape index (κ3) is 4.77. The Hall–Kier alpha value is -2.09. The highest BCUT2D eigenvalue weighted by molar-refractivity contribution is 9.10. The third-order valence-corrected chi connectivity index (χ3v) is 7.75. The third-order valence-electron chi connectivity index (χ3n) is 6.66. The van der Waals surface area contributed by atoms with E-state index in [4.69, 9.17) is 4.98 Å². The lowest BCUT2D eigenvalue weighted by Gasteiger charge is -2.40. The predicted molar refractivity (Wildman–Crippen MR) is 136 cm³/mol. The second-order valence-corrected chi connectivity index (χ2v) is 10.6. The van der Waals surface area contributed by atoms with Gasteiger partial charge in [0.1, 0.15) is 0 Å². The first-order valence-corrected chi connectivity index (χ1v) is 12.9. The van der Waals surface area contributed by atoms with E-state index in [0.29, 0.717) is 6.42 Å². The van der Waals surface area contributed by atoms with Gasteiger partial charge in [-0.15, -0.1) is 0 Å². The number of amides is 1. The molecule has 1 saturated heterocycles. The number of rotatable bonds is 3. The maximum Gasteiger partial charge on any atom is 0.227 e. The van der Waals surface area contributed by atoms with Gasteiger partial charge in [0, 0.05) is 53.7 Å². The Morgan fingerprint density at radius 2 is 1.76 bits per heavy atom. The van der Waals surface area contributed by atoms with Gasteiger partial charge in [-0.25, -0.2) is 0 Å². The molecule has 0 N–H and O–H groups in total. The van der Waals surface area contributed by atoms with Crippen molar-refractivity contribution in [1.82, 2.24) is 19.8 Å². The molecule has 0 spiro atoms. The Morgan fingerprint density at radius 3 is 2.52 bits per heavy atom. The molecule has 2 aromatic heterocycles. The van der Waals surface area contributed by atoms with E-state index in [1.807, 2.05) is 23.2 Å². The summed E-state index contributed by atoms with van der Waals surface area (Å²) < 4.78 is 2.17. The maximum absolute atomic E-state index is 12.9. The van der Waals surface area contributed by atoms with Crippen molar-refractivity contribution in [3.8, 4) is 0 Å². The van der Waals surface area contributed by atoms with Crippen LogP contribution in [-0.4, -0.2) is 51.9 Å². The first kappa shape index (κ1) is 22.7. The van der Waals surface area contributed by atoms with Crippen LogP contribution in [0.3, 0.4) is 0 Å². The highest BCUT2D eigenvalue weighted by Crippen LogP contribution is 2.41. The van der Waals surface area contributed by atoms with Crippen LogP contribution in [0.1, 0.15) is 39.6 Å². The molecule has 1 aliphatic heterocycles. The lowest BCUT2D eigenvalue weighted by Crippen LogP contribution is -2.50. The van der Waals surface area contributed by atoms with E-state index in [0.717, 1.165) is 59.2 Å². The van der Waals surface area contributed by atoms with Crippen LogP contribution in [0.15, 0.2) is 57.9 Å². The minimum atomic E-state index is 0.0815. The van der Waals surface area contributed by atoms with Gasteiger partial charge in [-0.2, -0.15) is 0 Å². The van der Waals surface area contributed by atoms with Gasteiger partial charge in [-0.1, -0.05) is 22.0 Å². The number of hydrogen-bond acceptors (Lipinski definition) is 4. The maximum atomic E-state index is 12.9. The molecule has 1 fully saturated rings. The van der Waals surface area contributed by atoms with Crippen LogP contribution >= 0.6 is 31.9 Å². The molecule has 0 bridgehead atoms. The molecule has 170 valence electrons. The lowest BCUT2D eigenvalue weighted by atomic mass is 9.94. The number of carbonyl (C=O) groups is 1. The summed E-state index contributed by atoms with van der Waals surface area (Å²) >= 11 is 7.49. The summed E-state index contributed by atoms with van der Waals surface area (Å²) in [5, 5.41) is 0. The normalized spacial score (nSPS) is 18.4. The fourth-order valence-corrected chi connectivity index (χ4v) is 6.27. The minimum Gasteiger partial charge on any atom is -0.340 e. The van der Waals surface area contributed by atoms with Crippen molar-refractivity contribution in [3.05, 3.63) is 91.4 Å². The first-order valence-electron chi connectivity index (χ1n) is 11.3. The van der Waals surface area contributed by atoms with Crippen molar-refractivity contribution in [3.63, 3.8) is 0 Å². The number of benzene rings is 1. The molecule has 5 nitrogen and oxygen atoms in total. The molecule has 1 aromatic carbocycles.